The Morgan fingerprint density at radius 2 is 2.15 bits per heavy atom. The molecule has 6 heteroatoms. The number of nitrogens with zero attached hydrogens (tertiary/aromatic N) is 2. The van der Waals surface area contributed by atoms with Gasteiger partial charge in [0, 0.05) is 16.8 Å². The Morgan fingerprint density at radius 1 is 1.40 bits per heavy atom. The zero-order valence-corrected chi connectivity index (χ0v) is 13.5. The van der Waals surface area contributed by atoms with Crippen molar-refractivity contribution >= 4 is 39.2 Å². The van der Waals surface area contributed by atoms with Gasteiger partial charge in [-0.2, -0.15) is 0 Å². The van der Waals surface area contributed by atoms with E-state index in [9.17, 15) is 4.79 Å². The van der Waals surface area contributed by atoms with Gasteiger partial charge in [0.05, 0.1) is 5.75 Å². The minimum absolute atomic E-state index is 0.0103. The summed E-state index contributed by atoms with van der Waals surface area (Å²) in [5.41, 5.74) is 1.21. The Morgan fingerprint density at radius 3 is 2.85 bits per heavy atom. The van der Waals surface area contributed by atoms with Crippen LogP contribution in [0.1, 0.15) is 16.3 Å². The van der Waals surface area contributed by atoms with E-state index in [1.807, 2.05) is 6.92 Å². The van der Waals surface area contributed by atoms with Crippen LogP contribution in [0.2, 0.25) is 0 Å². The molecule has 0 unspecified atom stereocenters. The van der Waals surface area contributed by atoms with E-state index in [0.717, 1.165) is 21.1 Å². The molecule has 0 saturated heterocycles. The highest BCUT2D eigenvalue weighted by atomic mass is 32.2. The molecule has 2 aromatic rings. The van der Waals surface area contributed by atoms with Crippen molar-refractivity contribution in [3.63, 3.8) is 0 Å². The number of carbonyl (C=O) groups is 1. The Bertz CT molecular complexity index is 664. The van der Waals surface area contributed by atoms with Crippen LogP contribution >= 0.6 is 23.1 Å². The summed E-state index contributed by atoms with van der Waals surface area (Å²) >= 11 is 3.14. The third-order valence-electron chi connectivity index (χ3n) is 2.89. The maximum atomic E-state index is 11.7. The number of rotatable bonds is 5. The van der Waals surface area contributed by atoms with Gasteiger partial charge in [-0.15, -0.1) is 17.9 Å². The van der Waals surface area contributed by atoms with Crippen molar-refractivity contribution in [1.29, 1.82) is 0 Å². The lowest BCUT2D eigenvalue weighted by Crippen LogP contribution is -2.24. The minimum Gasteiger partial charge on any atom is -0.352 e. The molecule has 0 atom stereocenters. The van der Waals surface area contributed by atoms with Crippen LogP contribution < -0.4 is 5.32 Å². The monoisotopic (exact) mass is 307 g/mol. The van der Waals surface area contributed by atoms with Gasteiger partial charge in [-0.1, -0.05) is 17.8 Å². The van der Waals surface area contributed by atoms with Crippen molar-refractivity contribution < 1.29 is 4.79 Å². The number of carbonyl (C=O) groups excluding carboxylic acids is 1. The highest BCUT2D eigenvalue weighted by Gasteiger charge is 2.14. The molecule has 4 nitrogen and oxygen atoms in total. The molecular weight excluding hydrogens is 290 g/mol. The average Bonchev–Trinajstić information content (AvgIpc) is 2.68. The number of thiophene rings is 1. The number of thioether (sulfide) groups is 1. The molecule has 0 aliphatic heterocycles. The Kier molecular flexibility index (Phi) is 4.77. The van der Waals surface area contributed by atoms with Crippen LogP contribution in [0, 0.1) is 20.8 Å². The van der Waals surface area contributed by atoms with Gasteiger partial charge in [-0.05, 0) is 26.3 Å². The maximum absolute atomic E-state index is 11.7. The summed E-state index contributed by atoms with van der Waals surface area (Å²) < 4.78 is 0. The number of aryl methyl sites for hydroxylation is 3. The normalized spacial score (nSPS) is 10.8. The van der Waals surface area contributed by atoms with E-state index >= 15 is 0 Å². The number of aromatic nitrogens is 2. The molecule has 0 radical (unpaired) electrons. The Labute approximate surface area is 126 Å². The largest absolute Gasteiger partial charge is 0.352 e. The number of fused-ring (bicyclic) bond motifs is 1. The lowest BCUT2D eigenvalue weighted by molar-refractivity contribution is -0.118. The van der Waals surface area contributed by atoms with Gasteiger partial charge in [0.25, 0.3) is 0 Å². The summed E-state index contributed by atoms with van der Waals surface area (Å²) in [5, 5.41) is 4.74. The predicted molar refractivity (Wildman–Crippen MR) is 85.6 cm³/mol. The molecule has 0 saturated carbocycles. The number of hydrogen-bond donors (Lipinski definition) is 1. The van der Waals surface area contributed by atoms with Gasteiger partial charge in [-0.3, -0.25) is 4.79 Å². The average molecular weight is 307 g/mol. The van der Waals surface area contributed by atoms with Crippen LogP contribution in [-0.2, 0) is 4.79 Å². The standard InChI is InChI=1S/C14H17N3OS2/c1-5-6-15-11(18)7-19-13-12-8(2)9(3)20-14(12)17-10(4)16-13/h5H,1,6-7H2,2-4H3,(H,15,18). The van der Waals surface area contributed by atoms with Crippen molar-refractivity contribution in [2.45, 2.75) is 25.8 Å². The molecule has 20 heavy (non-hydrogen) atoms. The first-order valence-corrected chi connectivity index (χ1v) is 8.08. The molecule has 1 N–H and O–H groups in total. The molecule has 2 aromatic heterocycles. The van der Waals surface area contributed by atoms with Gasteiger partial charge < -0.3 is 5.32 Å². The highest BCUT2D eigenvalue weighted by molar-refractivity contribution is 8.00. The summed E-state index contributed by atoms with van der Waals surface area (Å²) in [7, 11) is 0. The molecule has 2 heterocycles. The van der Waals surface area contributed by atoms with E-state index in [4.69, 9.17) is 0 Å². The van der Waals surface area contributed by atoms with Crippen LogP contribution in [0.15, 0.2) is 17.7 Å². The third-order valence-corrected chi connectivity index (χ3v) is 4.97. The van der Waals surface area contributed by atoms with Crippen molar-refractivity contribution in [2.24, 2.45) is 0 Å². The summed E-state index contributed by atoms with van der Waals surface area (Å²) in [6.45, 7) is 10.1. The second kappa shape index (κ2) is 6.37. The van der Waals surface area contributed by atoms with Gasteiger partial charge in [0.1, 0.15) is 15.7 Å². The van der Waals surface area contributed by atoms with Crippen molar-refractivity contribution in [3.8, 4) is 0 Å². The Balaban J connectivity index is 2.25. The van der Waals surface area contributed by atoms with Crippen LogP contribution in [0.4, 0.5) is 0 Å². The fraction of sp³-hybridized carbons (Fsp3) is 0.357. The van der Waals surface area contributed by atoms with E-state index < -0.39 is 0 Å². The van der Waals surface area contributed by atoms with Crippen molar-refractivity contribution in [1.82, 2.24) is 15.3 Å². The molecule has 106 valence electrons. The molecule has 0 aromatic carbocycles. The molecular formula is C14H17N3OS2. The molecule has 2 rings (SSSR count). The number of hydrogen-bond acceptors (Lipinski definition) is 5. The maximum Gasteiger partial charge on any atom is 0.230 e. The number of nitrogens with one attached hydrogen (secondary N) is 1. The van der Waals surface area contributed by atoms with Gasteiger partial charge in [-0.25, -0.2) is 9.97 Å². The SMILES string of the molecule is C=CCNC(=O)CSc1nc(C)nc2sc(C)c(C)c12. The van der Waals surface area contributed by atoms with Gasteiger partial charge in [0.15, 0.2) is 0 Å². The molecule has 1 amide bonds. The summed E-state index contributed by atoms with van der Waals surface area (Å²) in [4.78, 5) is 22.9. The quantitative estimate of drug-likeness (QED) is 0.524. The minimum atomic E-state index is -0.0103. The summed E-state index contributed by atoms with van der Waals surface area (Å²) in [5.74, 6) is 1.09. The molecule has 0 bridgehead atoms. The zero-order valence-electron chi connectivity index (χ0n) is 11.8. The first-order chi connectivity index (χ1) is 9.52. The van der Waals surface area contributed by atoms with Crippen molar-refractivity contribution in [2.75, 3.05) is 12.3 Å². The van der Waals surface area contributed by atoms with E-state index in [1.54, 1.807) is 17.4 Å². The highest BCUT2D eigenvalue weighted by Crippen LogP contribution is 2.34. The molecule has 0 aliphatic carbocycles. The topological polar surface area (TPSA) is 54.9 Å². The molecule has 0 aliphatic rings. The van der Waals surface area contributed by atoms with Crippen LogP contribution in [0.3, 0.4) is 0 Å². The zero-order chi connectivity index (χ0) is 14.7. The van der Waals surface area contributed by atoms with E-state index in [0.29, 0.717) is 12.3 Å². The first kappa shape index (κ1) is 15.0. The van der Waals surface area contributed by atoms with E-state index in [1.165, 1.54) is 22.2 Å². The van der Waals surface area contributed by atoms with Crippen LogP contribution in [0.25, 0.3) is 10.2 Å². The van der Waals surface area contributed by atoms with Gasteiger partial charge >= 0.3 is 0 Å². The molecule has 0 fully saturated rings. The summed E-state index contributed by atoms with van der Waals surface area (Å²) in [6.07, 6.45) is 1.67. The Hall–Kier alpha value is -1.40. The number of amides is 1. The summed E-state index contributed by atoms with van der Waals surface area (Å²) in [6, 6.07) is 0. The van der Waals surface area contributed by atoms with Crippen LogP contribution in [-0.4, -0.2) is 28.2 Å². The second-order valence-corrected chi connectivity index (χ2v) is 6.59. The van der Waals surface area contributed by atoms with E-state index in [-0.39, 0.29) is 5.91 Å². The lowest BCUT2D eigenvalue weighted by atomic mass is 10.2. The third kappa shape index (κ3) is 3.19. The van der Waals surface area contributed by atoms with Crippen LogP contribution in [0.5, 0.6) is 0 Å². The van der Waals surface area contributed by atoms with Crippen molar-refractivity contribution in [3.05, 3.63) is 28.9 Å². The first-order valence-electron chi connectivity index (χ1n) is 6.27. The van der Waals surface area contributed by atoms with Gasteiger partial charge in [0.2, 0.25) is 5.91 Å². The lowest BCUT2D eigenvalue weighted by Gasteiger charge is -2.05. The fourth-order valence-corrected chi connectivity index (χ4v) is 3.89. The fourth-order valence-electron chi connectivity index (χ4n) is 1.79. The predicted octanol–water partition coefficient (Wildman–Crippen LogP) is 3.01. The second-order valence-electron chi connectivity index (χ2n) is 4.42. The smallest absolute Gasteiger partial charge is 0.230 e. The van der Waals surface area contributed by atoms with E-state index in [2.05, 4.69) is 35.7 Å². The molecule has 0 spiro atoms.